The second-order valence-corrected chi connectivity index (χ2v) is 8.30. The maximum Gasteiger partial charge on any atom is 1.00 e. The van der Waals surface area contributed by atoms with Crippen molar-refractivity contribution in [1.82, 2.24) is 15.2 Å². The number of nitrogens with two attached hydrogens (primary N) is 2. The monoisotopic (exact) mass is 475 g/mol. The van der Waals surface area contributed by atoms with E-state index in [1.807, 2.05) is 6.92 Å². The number of carbonyl (C=O) groups is 4. The van der Waals surface area contributed by atoms with Crippen molar-refractivity contribution in [2.75, 3.05) is 18.1 Å². The van der Waals surface area contributed by atoms with Crippen LogP contribution in [0.2, 0.25) is 0 Å². The summed E-state index contributed by atoms with van der Waals surface area (Å²) in [6.07, 6.45) is 1.17. The molecule has 3 amide bonds. The minimum Gasteiger partial charge on any atom is -0.543 e. The van der Waals surface area contributed by atoms with Gasteiger partial charge < -0.3 is 31.4 Å². The Bertz CT molecular complexity index is 978. The number of nitrogen functional groups attached to an aromatic ring is 1. The molecule has 1 fully saturated rings. The third-order valence-electron chi connectivity index (χ3n) is 4.37. The number of hydrogen-bond acceptors (Lipinski definition) is 10. The van der Waals surface area contributed by atoms with Gasteiger partial charge in [-0.1, -0.05) is 13.0 Å². The summed E-state index contributed by atoms with van der Waals surface area (Å²) in [6, 6.07) is -0.924. The van der Waals surface area contributed by atoms with E-state index < -0.39 is 35.3 Å². The van der Waals surface area contributed by atoms with Crippen LogP contribution in [0.5, 0.6) is 0 Å². The van der Waals surface area contributed by atoms with Gasteiger partial charge in [-0.2, -0.15) is 0 Å². The largest absolute Gasteiger partial charge is 1.00 e. The first-order valence-electron chi connectivity index (χ1n) is 8.77. The second-order valence-electron chi connectivity index (χ2n) is 6.31. The second kappa shape index (κ2) is 10.5. The number of β-lactam (4-membered cyclic amide) rings is 1. The summed E-state index contributed by atoms with van der Waals surface area (Å²) >= 11 is 2.42. The van der Waals surface area contributed by atoms with E-state index in [1.54, 1.807) is 11.5 Å². The molecule has 0 unspecified atom stereocenters. The first kappa shape index (κ1) is 25.2. The Balaban J connectivity index is 0.00000341. The Morgan fingerprint density at radius 3 is 2.71 bits per heavy atom. The molecule has 3 heterocycles. The number of allylic oxidation sites excluding steroid dienone is 1. The number of thioether (sulfide) groups is 1. The van der Waals surface area contributed by atoms with Crippen molar-refractivity contribution >= 4 is 57.7 Å². The number of hydrogen-bond donors (Lipinski definition) is 3. The topological polar surface area (TPSA) is 181 Å². The number of carboxylic acid groups (broad SMARTS) is 1. The summed E-state index contributed by atoms with van der Waals surface area (Å²) < 4.78 is 4.65. The number of amides is 3. The van der Waals surface area contributed by atoms with E-state index in [2.05, 4.69) is 15.0 Å². The summed E-state index contributed by atoms with van der Waals surface area (Å²) in [5.41, 5.74) is 11.1. The van der Waals surface area contributed by atoms with Gasteiger partial charge in [0.15, 0.2) is 5.13 Å². The van der Waals surface area contributed by atoms with Gasteiger partial charge in [0, 0.05) is 16.7 Å². The fourth-order valence-electron chi connectivity index (χ4n) is 3.09. The van der Waals surface area contributed by atoms with Crippen LogP contribution in [0.15, 0.2) is 22.7 Å². The van der Waals surface area contributed by atoms with Crippen LogP contribution in [0.3, 0.4) is 0 Å². The van der Waals surface area contributed by atoms with Crippen molar-refractivity contribution < 1.29 is 58.6 Å². The molecule has 11 nitrogen and oxygen atoms in total. The van der Waals surface area contributed by atoms with Crippen molar-refractivity contribution in [3.8, 4) is 0 Å². The van der Waals surface area contributed by atoms with Crippen molar-refractivity contribution in [3.05, 3.63) is 28.4 Å². The van der Waals surface area contributed by atoms with E-state index in [0.29, 0.717) is 17.2 Å². The summed E-state index contributed by atoms with van der Waals surface area (Å²) in [6.45, 7) is 1.48. The molecular formula is C17H18N5NaO6S2. The quantitative estimate of drug-likeness (QED) is 0.201. The van der Waals surface area contributed by atoms with Crippen molar-refractivity contribution in [3.63, 3.8) is 0 Å². The minimum absolute atomic E-state index is 0. The molecule has 0 radical (unpaired) electrons. The molecule has 0 aromatic carbocycles. The smallest absolute Gasteiger partial charge is 0.543 e. The number of rotatable bonds is 7. The molecule has 2 atom stereocenters. The van der Waals surface area contributed by atoms with E-state index in [9.17, 15) is 24.3 Å². The fourth-order valence-corrected chi connectivity index (χ4v) is 4.98. The normalized spacial score (nSPS) is 20.4. The number of aliphatic carboxylic acids is 1. The molecule has 0 bridgehead atoms. The molecule has 1 saturated heterocycles. The number of nitrogens with one attached hydrogen (secondary N) is 1. The van der Waals surface area contributed by atoms with Gasteiger partial charge in [0.25, 0.3) is 11.8 Å². The average molecular weight is 475 g/mol. The van der Waals surface area contributed by atoms with Gasteiger partial charge in [0.05, 0.1) is 22.9 Å². The van der Waals surface area contributed by atoms with Gasteiger partial charge in [-0.3, -0.25) is 14.5 Å². The average Bonchev–Trinajstić information content (AvgIpc) is 3.13. The van der Waals surface area contributed by atoms with E-state index in [-0.39, 0.29) is 58.8 Å². The first-order chi connectivity index (χ1) is 14.2. The van der Waals surface area contributed by atoms with Gasteiger partial charge in [-0.25, -0.2) is 9.78 Å². The molecule has 3 rings (SSSR count). The number of fused-ring (bicyclic) bond motifs is 1. The molecule has 1 aromatic heterocycles. The maximum atomic E-state index is 12.8. The Kier molecular flexibility index (Phi) is 8.54. The van der Waals surface area contributed by atoms with Crippen molar-refractivity contribution in [1.29, 1.82) is 0 Å². The van der Waals surface area contributed by atoms with E-state index in [1.165, 1.54) is 23.1 Å². The zero-order valence-corrected chi connectivity index (χ0v) is 20.4. The van der Waals surface area contributed by atoms with Crippen LogP contribution in [-0.4, -0.2) is 57.5 Å². The molecule has 31 heavy (non-hydrogen) atoms. The van der Waals surface area contributed by atoms with Crippen LogP contribution >= 0.6 is 23.1 Å². The summed E-state index contributed by atoms with van der Waals surface area (Å²) in [5.74, 6) is -2.53. The Morgan fingerprint density at radius 2 is 2.16 bits per heavy atom. The fraction of sp³-hybridized carbons (Fsp3) is 0.353. The molecule has 1 aromatic rings. The number of aromatic nitrogens is 1. The number of primary amides is 1. The van der Waals surface area contributed by atoms with Crippen LogP contribution in [-0.2, 0) is 19.1 Å². The van der Waals surface area contributed by atoms with Gasteiger partial charge in [0.1, 0.15) is 18.0 Å². The summed E-state index contributed by atoms with van der Waals surface area (Å²) in [5, 5.41) is 15.6. The van der Waals surface area contributed by atoms with Crippen LogP contribution in [0.4, 0.5) is 9.93 Å². The molecule has 14 heteroatoms. The Morgan fingerprint density at radius 1 is 1.45 bits per heavy atom. The molecule has 2 aliphatic heterocycles. The first-order valence-corrected chi connectivity index (χ1v) is 10.7. The van der Waals surface area contributed by atoms with Gasteiger partial charge in [-0.15, -0.1) is 23.1 Å². The van der Waals surface area contributed by atoms with Gasteiger partial charge in [0.2, 0.25) is 0 Å². The van der Waals surface area contributed by atoms with Crippen LogP contribution < -0.4 is 51.4 Å². The number of nitrogens with zero attached hydrogens (tertiary/aromatic N) is 2. The van der Waals surface area contributed by atoms with Crippen LogP contribution in [0.1, 0.15) is 19.0 Å². The molecule has 160 valence electrons. The third-order valence-corrected chi connectivity index (χ3v) is 6.38. The number of ether oxygens (including phenoxy) is 1. The Labute approximate surface area is 207 Å². The number of carboxylic acids is 1. The molecular weight excluding hydrogens is 457 g/mol. The SMILES string of the molecule is CCC=C(C(=O)N[C@@H]1C(=O)N2C(C(=O)[O-])=C(COC(N)=O)CS[C@H]12)c1csc(N)n1.[Na+]. The standard InChI is InChI=1S/C17H19N5O6S2.Na/c1-2-3-8(9-6-30-16(18)20-9)12(23)21-10-13(24)22-11(15(25)26)7(4-28-17(19)27)5-29-14(10)22;/h3,6,10,14H,2,4-5H2,1H3,(H2,18,20)(H2,19,27)(H,21,23)(H,25,26);/q;+1/p-1/t10-,14-;/m1./s1. The van der Waals surface area contributed by atoms with Crippen LogP contribution in [0.25, 0.3) is 5.57 Å². The zero-order valence-electron chi connectivity index (χ0n) is 16.7. The summed E-state index contributed by atoms with van der Waals surface area (Å²) in [7, 11) is 0. The van der Waals surface area contributed by atoms with Gasteiger partial charge >= 0.3 is 35.7 Å². The molecule has 0 saturated carbocycles. The molecule has 0 spiro atoms. The number of carbonyl (C=O) groups excluding carboxylic acids is 4. The molecule has 5 N–H and O–H groups in total. The number of anilines is 1. The zero-order chi connectivity index (χ0) is 22.0. The molecule has 0 aliphatic carbocycles. The van der Waals surface area contributed by atoms with Crippen molar-refractivity contribution in [2.45, 2.75) is 24.8 Å². The number of thiazole rings is 1. The van der Waals surface area contributed by atoms with Crippen LogP contribution in [0, 0.1) is 0 Å². The van der Waals surface area contributed by atoms with E-state index >= 15 is 0 Å². The van der Waals surface area contributed by atoms with Crippen molar-refractivity contribution in [2.24, 2.45) is 5.73 Å². The predicted octanol–water partition coefficient (Wildman–Crippen LogP) is -3.98. The summed E-state index contributed by atoms with van der Waals surface area (Å²) in [4.78, 5) is 53.0. The molecule has 2 aliphatic rings. The van der Waals surface area contributed by atoms with E-state index in [0.717, 1.165) is 4.90 Å². The Hall–Kier alpha value is -2.06. The maximum absolute atomic E-state index is 12.8. The minimum atomic E-state index is -1.58. The third kappa shape index (κ3) is 5.23. The van der Waals surface area contributed by atoms with E-state index in [4.69, 9.17) is 11.5 Å². The predicted molar refractivity (Wildman–Crippen MR) is 107 cm³/mol. The van der Waals surface area contributed by atoms with Gasteiger partial charge in [-0.05, 0) is 6.42 Å².